The predicted octanol–water partition coefficient (Wildman–Crippen LogP) is 2.61. The fraction of sp³-hybridized carbons (Fsp3) is 0.400. The minimum absolute atomic E-state index is 0.0204. The zero-order valence-electron chi connectivity index (χ0n) is 9.78. The summed E-state index contributed by atoms with van der Waals surface area (Å²) in [6, 6.07) is 5.85. The van der Waals surface area contributed by atoms with Crippen molar-refractivity contribution in [2.75, 3.05) is 0 Å². The number of rotatable bonds is 2. The van der Waals surface area contributed by atoms with E-state index in [1.54, 1.807) is 6.08 Å². The molecule has 2 nitrogen and oxygen atoms in total. The van der Waals surface area contributed by atoms with Crippen LogP contribution >= 0.6 is 0 Å². The maximum absolute atomic E-state index is 12.4. The lowest BCUT2D eigenvalue weighted by atomic mass is 9.76. The second-order valence-corrected chi connectivity index (χ2v) is 5.07. The highest BCUT2D eigenvalue weighted by atomic mass is 16.3. The van der Waals surface area contributed by atoms with Gasteiger partial charge in [0.25, 0.3) is 0 Å². The Labute approximate surface area is 101 Å². The maximum Gasteiger partial charge on any atom is 0.195 e. The van der Waals surface area contributed by atoms with Gasteiger partial charge in [-0.05, 0) is 30.4 Å². The molecule has 0 amide bonds. The van der Waals surface area contributed by atoms with E-state index in [1.807, 2.05) is 12.1 Å². The van der Waals surface area contributed by atoms with E-state index in [0.717, 1.165) is 30.4 Å². The normalized spacial score (nSPS) is 30.2. The molecule has 0 spiro atoms. The molecule has 1 N–H and O–H groups in total. The van der Waals surface area contributed by atoms with Crippen LogP contribution in [0.25, 0.3) is 0 Å². The van der Waals surface area contributed by atoms with Gasteiger partial charge in [-0.15, -0.1) is 6.58 Å². The fourth-order valence-electron chi connectivity index (χ4n) is 3.41. The molecule has 17 heavy (non-hydrogen) atoms. The molecule has 88 valence electrons. The number of benzene rings is 1. The minimum atomic E-state index is -1.24. The molecular weight excluding hydrogens is 212 g/mol. The van der Waals surface area contributed by atoms with E-state index in [9.17, 15) is 9.90 Å². The molecule has 2 unspecified atom stereocenters. The van der Waals surface area contributed by atoms with Crippen molar-refractivity contribution in [1.29, 1.82) is 0 Å². The van der Waals surface area contributed by atoms with Crippen LogP contribution in [0.1, 0.15) is 46.7 Å². The van der Waals surface area contributed by atoms with E-state index in [1.165, 1.54) is 5.56 Å². The lowest BCUT2D eigenvalue weighted by Gasteiger charge is -2.31. The number of aryl methyl sites for hydroxylation is 1. The van der Waals surface area contributed by atoms with Gasteiger partial charge in [-0.25, -0.2) is 0 Å². The molecule has 0 radical (unpaired) electrons. The Morgan fingerprint density at radius 1 is 1.53 bits per heavy atom. The molecule has 0 heterocycles. The van der Waals surface area contributed by atoms with Gasteiger partial charge in [-0.1, -0.05) is 24.3 Å². The quantitative estimate of drug-likeness (QED) is 0.790. The molecule has 3 rings (SSSR count). The third-order valence-electron chi connectivity index (χ3n) is 4.15. The maximum atomic E-state index is 12.4. The molecule has 0 fully saturated rings. The first-order chi connectivity index (χ1) is 8.18. The van der Waals surface area contributed by atoms with Crippen LogP contribution in [0, 0.1) is 0 Å². The van der Waals surface area contributed by atoms with Crippen LogP contribution in [-0.2, 0) is 6.42 Å². The van der Waals surface area contributed by atoms with Crippen LogP contribution in [-0.4, -0.2) is 16.5 Å². The van der Waals surface area contributed by atoms with E-state index in [2.05, 4.69) is 12.6 Å². The van der Waals surface area contributed by atoms with Gasteiger partial charge in [-0.3, -0.25) is 4.79 Å². The van der Waals surface area contributed by atoms with Gasteiger partial charge in [0, 0.05) is 17.9 Å². The van der Waals surface area contributed by atoms with E-state index in [-0.39, 0.29) is 11.7 Å². The van der Waals surface area contributed by atoms with Gasteiger partial charge in [0.1, 0.15) is 5.60 Å². The number of hydrogen-bond donors (Lipinski definition) is 1. The summed E-state index contributed by atoms with van der Waals surface area (Å²) in [4.78, 5) is 12.4. The van der Waals surface area contributed by atoms with Gasteiger partial charge in [-0.2, -0.15) is 0 Å². The molecule has 0 bridgehead atoms. The van der Waals surface area contributed by atoms with Gasteiger partial charge < -0.3 is 5.11 Å². The molecule has 0 saturated heterocycles. The smallest absolute Gasteiger partial charge is 0.195 e. The number of carbonyl (C=O) groups excluding carboxylic acids is 1. The second kappa shape index (κ2) is 3.54. The highest BCUT2D eigenvalue weighted by Crippen LogP contribution is 2.49. The Balaban J connectivity index is 2.21. The van der Waals surface area contributed by atoms with E-state index >= 15 is 0 Å². The summed E-state index contributed by atoms with van der Waals surface area (Å²) in [7, 11) is 0. The standard InChI is InChI=1S/C15H16O2/c1-2-9-15(17)12-8-4-6-10-5-3-7-11(13(10)12)14(15)16/h2-3,5,7,12,17H,1,4,6,8-9H2. The van der Waals surface area contributed by atoms with Gasteiger partial charge >= 0.3 is 0 Å². The molecular formula is C15H16O2. The van der Waals surface area contributed by atoms with E-state index < -0.39 is 5.60 Å². The van der Waals surface area contributed by atoms with Crippen LogP contribution in [0.5, 0.6) is 0 Å². The Kier molecular flexibility index (Phi) is 2.23. The predicted molar refractivity (Wildman–Crippen MR) is 66.2 cm³/mol. The third kappa shape index (κ3) is 1.27. The topological polar surface area (TPSA) is 37.3 Å². The first-order valence-corrected chi connectivity index (χ1v) is 6.18. The zero-order chi connectivity index (χ0) is 12.0. The fourth-order valence-corrected chi connectivity index (χ4v) is 3.41. The van der Waals surface area contributed by atoms with Crippen LogP contribution in [0.2, 0.25) is 0 Å². The van der Waals surface area contributed by atoms with Crippen molar-refractivity contribution in [3.05, 3.63) is 47.5 Å². The van der Waals surface area contributed by atoms with Crippen molar-refractivity contribution in [3.63, 3.8) is 0 Å². The molecule has 1 aromatic carbocycles. The van der Waals surface area contributed by atoms with Crippen LogP contribution in [0.15, 0.2) is 30.9 Å². The lowest BCUT2D eigenvalue weighted by Crippen LogP contribution is -2.39. The number of hydrogen-bond acceptors (Lipinski definition) is 2. The van der Waals surface area contributed by atoms with E-state index in [4.69, 9.17) is 0 Å². The summed E-state index contributed by atoms with van der Waals surface area (Å²) in [6.07, 6.45) is 4.98. The molecule has 0 aromatic heterocycles. The monoisotopic (exact) mass is 228 g/mol. The van der Waals surface area contributed by atoms with Crippen molar-refractivity contribution < 1.29 is 9.90 Å². The molecule has 2 atom stereocenters. The van der Waals surface area contributed by atoms with Crippen molar-refractivity contribution in [2.45, 2.75) is 37.2 Å². The van der Waals surface area contributed by atoms with Crippen molar-refractivity contribution in [2.24, 2.45) is 0 Å². The Morgan fingerprint density at radius 2 is 2.35 bits per heavy atom. The average Bonchev–Trinajstić information content (AvgIpc) is 2.55. The Morgan fingerprint density at radius 3 is 3.12 bits per heavy atom. The zero-order valence-corrected chi connectivity index (χ0v) is 9.78. The van der Waals surface area contributed by atoms with Crippen LogP contribution in [0.3, 0.4) is 0 Å². The SMILES string of the molecule is C=CCC1(O)C(=O)c2cccc3c2C1CCC3. The average molecular weight is 228 g/mol. The van der Waals surface area contributed by atoms with Crippen LogP contribution < -0.4 is 0 Å². The summed E-state index contributed by atoms with van der Waals surface area (Å²) < 4.78 is 0. The first kappa shape index (κ1) is 10.7. The first-order valence-electron chi connectivity index (χ1n) is 6.18. The number of ketones is 1. The summed E-state index contributed by atoms with van der Waals surface area (Å²) in [6.45, 7) is 3.66. The van der Waals surface area contributed by atoms with Crippen molar-refractivity contribution in [1.82, 2.24) is 0 Å². The summed E-state index contributed by atoms with van der Waals surface area (Å²) in [5.41, 5.74) is 1.84. The number of Topliss-reactive ketones (excluding diaryl/α,β-unsaturated/α-hetero) is 1. The van der Waals surface area contributed by atoms with Crippen molar-refractivity contribution in [3.8, 4) is 0 Å². The van der Waals surface area contributed by atoms with E-state index in [0.29, 0.717) is 6.42 Å². The Bertz CT molecular complexity index is 504. The summed E-state index contributed by atoms with van der Waals surface area (Å²) in [5, 5.41) is 10.7. The van der Waals surface area contributed by atoms with Gasteiger partial charge in [0.05, 0.1) is 0 Å². The molecule has 2 aliphatic rings. The van der Waals surface area contributed by atoms with Crippen LogP contribution in [0.4, 0.5) is 0 Å². The summed E-state index contributed by atoms with van der Waals surface area (Å²) in [5.74, 6) is -0.130. The molecule has 2 heteroatoms. The highest BCUT2D eigenvalue weighted by Gasteiger charge is 2.52. The number of aliphatic hydroxyl groups is 1. The van der Waals surface area contributed by atoms with Gasteiger partial charge in [0.15, 0.2) is 5.78 Å². The van der Waals surface area contributed by atoms with Crippen molar-refractivity contribution >= 4 is 5.78 Å². The largest absolute Gasteiger partial charge is 0.381 e. The third-order valence-corrected chi connectivity index (χ3v) is 4.15. The Hall–Kier alpha value is -1.41. The minimum Gasteiger partial charge on any atom is -0.381 e. The number of carbonyl (C=O) groups is 1. The molecule has 2 aliphatic carbocycles. The lowest BCUT2D eigenvalue weighted by molar-refractivity contribution is 0.0219. The van der Waals surface area contributed by atoms with Gasteiger partial charge in [0.2, 0.25) is 0 Å². The molecule has 0 aliphatic heterocycles. The summed E-state index contributed by atoms with van der Waals surface area (Å²) >= 11 is 0. The highest BCUT2D eigenvalue weighted by molar-refractivity contribution is 6.08. The molecule has 0 saturated carbocycles. The molecule has 1 aromatic rings. The second-order valence-electron chi connectivity index (χ2n) is 5.07.